The number of nitrogens with one attached hydrogen (secondary N) is 3. The minimum absolute atomic E-state index is 0.0172. The summed E-state index contributed by atoms with van der Waals surface area (Å²) in [5.41, 5.74) is 1.52. The number of amides is 1. The molecule has 3 N–H and O–H groups in total. The molecule has 9 heteroatoms. The Kier molecular flexibility index (Phi) is 8.03. The van der Waals surface area contributed by atoms with Crippen LogP contribution in [0.1, 0.15) is 24.0 Å². The first kappa shape index (κ1) is 22.3. The van der Waals surface area contributed by atoms with Crippen molar-refractivity contribution in [2.75, 3.05) is 13.7 Å². The van der Waals surface area contributed by atoms with Crippen molar-refractivity contribution in [3.63, 3.8) is 0 Å². The quantitative estimate of drug-likeness (QED) is 0.397. The van der Waals surface area contributed by atoms with Gasteiger partial charge in [0.15, 0.2) is 12.6 Å². The van der Waals surface area contributed by atoms with Crippen molar-refractivity contribution in [1.29, 1.82) is 0 Å². The molecule has 166 valence electrons. The SMILES string of the molecule is CN=C(NCc1cccc(OCC(=O)NC2CC2)c1)NCc1ccccc1OC(F)F. The van der Waals surface area contributed by atoms with Crippen LogP contribution in [0.5, 0.6) is 11.5 Å². The van der Waals surface area contributed by atoms with E-state index in [0.29, 0.717) is 29.9 Å². The first-order valence-electron chi connectivity index (χ1n) is 10.0. The number of guanidine groups is 1. The highest BCUT2D eigenvalue weighted by molar-refractivity contribution is 5.79. The molecule has 1 aliphatic carbocycles. The highest BCUT2D eigenvalue weighted by Crippen LogP contribution is 2.20. The minimum Gasteiger partial charge on any atom is -0.484 e. The van der Waals surface area contributed by atoms with Gasteiger partial charge in [-0.3, -0.25) is 9.79 Å². The summed E-state index contributed by atoms with van der Waals surface area (Å²) < 4.78 is 35.2. The summed E-state index contributed by atoms with van der Waals surface area (Å²) in [4.78, 5) is 15.9. The van der Waals surface area contributed by atoms with Crippen LogP contribution in [0.3, 0.4) is 0 Å². The lowest BCUT2D eigenvalue weighted by atomic mass is 10.2. The van der Waals surface area contributed by atoms with E-state index in [1.807, 2.05) is 18.2 Å². The lowest BCUT2D eigenvalue weighted by molar-refractivity contribution is -0.123. The van der Waals surface area contributed by atoms with Crippen molar-refractivity contribution in [3.05, 3.63) is 59.7 Å². The summed E-state index contributed by atoms with van der Waals surface area (Å²) in [5.74, 6) is 1.11. The second-order valence-corrected chi connectivity index (χ2v) is 7.04. The van der Waals surface area contributed by atoms with Gasteiger partial charge in [0.05, 0.1) is 0 Å². The van der Waals surface area contributed by atoms with E-state index in [0.717, 1.165) is 18.4 Å². The molecule has 31 heavy (non-hydrogen) atoms. The Hall–Kier alpha value is -3.36. The number of aliphatic imine (C=N–C) groups is 1. The van der Waals surface area contributed by atoms with Gasteiger partial charge in [0.1, 0.15) is 11.5 Å². The Labute approximate surface area is 179 Å². The molecular formula is C22H26F2N4O3. The number of hydrogen-bond acceptors (Lipinski definition) is 4. The number of benzene rings is 2. The molecule has 0 saturated heterocycles. The molecule has 3 rings (SSSR count). The Morgan fingerprint density at radius 3 is 2.65 bits per heavy atom. The summed E-state index contributed by atoms with van der Waals surface area (Å²) in [6.45, 7) is -2.17. The van der Waals surface area contributed by atoms with Gasteiger partial charge in [-0.1, -0.05) is 30.3 Å². The molecule has 0 heterocycles. The van der Waals surface area contributed by atoms with E-state index in [2.05, 4.69) is 25.7 Å². The minimum atomic E-state index is -2.88. The smallest absolute Gasteiger partial charge is 0.387 e. The maximum atomic E-state index is 12.6. The maximum Gasteiger partial charge on any atom is 0.387 e. The normalized spacial score (nSPS) is 13.6. The first-order chi connectivity index (χ1) is 15.0. The average Bonchev–Trinajstić information content (AvgIpc) is 3.57. The molecule has 1 amide bonds. The van der Waals surface area contributed by atoms with E-state index in [4.69, 9.17) is 4.74 Å². The van der Waals surface area contributed by atoms with Crippen molar-refractivity contribution < 1.29 is 23.0 Å². The van der Waals surface area contributed by atoms with Crippen LogP contribution >= 0.6 is 0 Å². The van der Waals surface area contributed by atoms with Gasteiger partial charge in [-0.05, 0) is 36.6 Å². The maximum absolute atomic E-state index is 12.6. The Morgan fingerprint density at radius 2 is 1.90 bits per heavy atom. The fourth-order valence-electron chi connectivity index (χ4n) is 2.84. The zero-order valence-electron chi connectivity index (χ0n) is 17.2. The van der Waals surface area contributed by atoms with Crippen LogP contribution in [0, 0.1) is 0 Å². The van der Waals surface area contributed by atoms with Crippen molar-refractivity contribution in [2.45, 2.75) is 38.6 Å². The molecule has 1 fully saturated rings. The van der Waals surface area contributed by atoms with Crippen LogP contribution in [0.25, 0.3) is 0 Å². The number of halogens is 2. The molecule has 2 aromatic rings. The molecule has 0 aromatic heterocycles. The van der Waals surface area contributed by atoms with E-state index in [1.54, 1.807) is 31.3 Å². The summed E-state index contributed by atoms with van der Waals surface area (Å²) >= 11 is 0. The largest absolute Gasteiger partial charge is 0.484 e. The van der Waals surface area contributed by atoms with Crippen LogP contribution in [0.15, 0.2) is 53.5 Å². The second-order valence-electron chi connectivity index (χ2n) is 7.04. The van der Waals surface area contributed by atoms with Crippen molar-refractivity contribution in [2.24, 2.45) is 4.99 Å². The van der Waals surface area contributed by atoms with Crippen LogP contribution < -0.4 is 25.4 Å². The fraction of sp³-hybridized carbons (Fsp3) is 0.364. The summed E-state index contributed by atoms with van der Waals surface area (Å²) in [6, 6.07) is 14.3. The number of nitrogens with zero attached hydrogens (tertiary/aromatic N) is 1. The third-order valence-corrected chi connectivity index (χ3v) is 4.53. The van der Waals surface area contributed by atoms with E-state index in [9.17, 15) is 13.6 Å². The predicted octanol–water partition coefficient (Wildman–Crippen LogP) is 2.81. The van der Waals surface area contributed by atoms with Crippen molar-refractivity contribution >= 4 is 11.9 Å². The fourth-order valence-corrected chi connectivity index (χ4v) is 2.84. The monoisotopic (exact) mass is 432 g/mol. The molecule has 0 aliphatic heterocycles. The van der Waals surface area contributed by atoms with Gasteiger partial charge < -0.3 is 25.4 Å². The Morgan fingerprint density at radius 1 is 1.13 bits per heavy atom. The number of carbonyl (C=O) groups excluding carboxylic acids is 1. The Bertz CT molecular complexity index is 904. The number of carbonyl (C=O) groups is 1. The van der Waals surface area contributed by atoms with Crippen LogP contribution in [-0.2, 0) is 17.9 Å². The predicted molar refractivity (Wildman–Crippen MR) is 113 cm³/mol. The standard InChI is InChI=1S/C22H26F2N4O3/c1-25-22(27-13-16-6-2-3-8-19(16)31-21(23)24)26-12-15-5-4-7-18(11-15)30-14-20(29)28-17-9-10-17/h2-8,11,17,21H,9-10,12-14H2,1H3,(H,28,29)(H2,25,26,27). The molecule has 1 aliphatic rings. The lowest BCUT2D eigenvalue weighted by Crippen LogP contribution is -2.36. The molecule has 0 spiro atoms. The van der Waals surface area contributed by atoms with Crippen LogP contribution in [-0.4, -0.2) is 38.2 Å². The summed E-state index contributed by atoms with van der Waals surface area (Å²) in [6.07, 6.45) is 2.07. The molecule has 0 unspecified atom stereocenters. The van der Waals surface area contributed by atoms with E-state index in [-0.39, 0.29) is 24.8 Å². The Balaban J connectivity index is 1.47. The van der Waals surface area contributed by atoms with Crippen LogP contribution in [0.4, 0.5) is 8.78 Å². The van der Waals surface area contributed by atoms with Crippen molar-refractivity contribution in [3.8, 4) is 11.5 Å². The third kappa shape index (κ3) is 7.76. The third-order valence-electron chi connectivity index (χ3n) is 4.53. The number of rotatable bonds is 10. The molecule has 0 radical (unpaired) electrons. The van der Waals surface area contributed by atoms with Gasteiger partial charge in [0, 0.05) is 31.7 Å². The number of ether oxygens (including phenoxy) is 2. The van der Waals surface area contributed by atoms with E-state index in [1.165, 1.54) is 6.07 Å². The zero-order chi connectivity index (χ0) is 22.1. The summed E-state index contributed by atoms with van der Waals surface area (Å²) in [5, 5.41) is 9.11. The molecule has 1 saturated carbocycles. The van der Waals surface area contributed by atoms with E-state index >= 15 is 0 Å². The molecule has 0 bridgehead atoms. The second kappa shape index (κ2) is 11.1. The number of alkyl halides is 2. The topological polar surface area (TPSA) is 84.0 Å². The molecule has 7 nitrogen and oxygen atoms in total. The lowest BCUT2D eigenvalue weighted by Gasteiger charge is -2.15. The highest BCUT2D eigenvalue weighted by atomic mass is 19.3. The first-order valence-corrected chi connectivity index (χ1v) is 10.0. The van der Waals surface area contributed by atoms with Gasteiger partial charge in [0.2, 0.25) is 0 Å². The average molecular weight is 432 g/mol. The zero-order valence-corrected chi connectivity index (χ0v) is 17.2. The molecule has 0 atom stereocenters. The van der Waals surface area contributed by atoms with E-state index < -0.39 is 6.61 Å². The number of para-hydroxylation sites is 1. The van der Waals surface area contributed by atoms with Crippen molar-refractivity contribution in [1.82, 2.24) is 16.0 Å². The van der Waals surface area contributed by atoms with Gasteiger partial charge in [-0.15, -0.1) is 0 Å². The molecule has 2 aromatic carbocycles. The van der Waals surface area contributed by atoms with Crippen LogP contribution in [0.2, 0.25) is 0 Å². The summed E-state index contributed by atoms with van der Waals surface area (Å²) in [7, 11) is 1.62. The van der Waals surface area contributed by atoms with Gasteiger partial charge in [-0.25, -0.2) is 0 Å². The molecular weight excluding hydrogens is 406 g/mol. The highest BCUT2D eigenvalue weighted by Gasteiger charge is 2.23. The number of hydrogen-bond donors (Lipinski definition) is 3. The van der Waals surface area contributed by atoms with Gasteiger partial charge in [-0.2, -0.15) is 8.78 Å². The van der Waals surface area contributed by atoms with Gasteiger partial charge >= 0.3 is 6.61 Å². The van der Waals surface area contributed by atoms with Gasteiger partial charge in [0.25, 0.3) is 5.91 Å².